The number of amides is 1. The van der Waals surface area contributed by atoms with Crippen LogP contribution < -0.4 is 15.6 Å². The first-order valence-corrected chi connectivity index (χ1v) is 10.3. The molecule has 3 aromatic rings. The Morgan fingerprint density at radius 1 is 1.16 bits per heavy atom. The molecule has 0 saturated carbocycles. The van der Waals surface area contributed by atoms with E-state index < -0.39 is 0 Å². The van der Waals surface area contributed by atoms with Gasteiger partial charge in [-0.2, -0.15) is 4.98 Å². The minimum absolute atomic E-state index is 0.0233. The first kappa shape index (κ1) is 22.3. The number of hydrogen-bond donors (Lipinski definition) is 1. The summed E-state index contributed by atoms with van der Waals surface area (Å²) in [6.07, 6.45) is 0.491. The number of hydrogen-bond acceptors (Lipinski definition) is 6. The second-order valence-corrected chi connectivity index (χ2v) is 7.73. The van der Waals surface area contributed by atoms with Crippen LogP contribution in [0.5, 0.6) is 5.75 Å². The standard InChI is InChI=1S/C23H28N4O4/c1-14(2)27-15(3)6-11-19(23(27)29)22-25-21(31-26-22)13-12-20(28)24-16(4)17-7-9-18(30-5)10-8-17/h6-11,14,16H,12-13H2,1-5H3,(H,24,28)/t16-/m1/s1. The SMILES string of the molecule is COc1ccc([C@@H](C)NC(=O)CCc2nc(-c3ccc(C)n(C(C)C)c3=O)no2)cc1. The number of pyridine rings is 1. The minimum Gasteiger partial charge on any atom is -0.497 e. The molecule has 0 saturated heterocycles. The van der Waals surface area contributed by atoms with Gasteiger partial charge in [-0.25, -0.2) is 0 Å². The van der Waals surface area contributed by atoms with Crippen LogP contribution in [-0.2, 0) is 11.2 Å². The van der Waals surface area contributed by atoms with E-state index in [-0.39, 0.29) is 35.8 Å². The van der Waals surface area contributed by atoms with Crippen molar-refractivity contribution in [2.75, 3.05) is 7.11 Å². The number of nitrogens with zero attached hydrogens (tertiary/aromatic N) is 3. The normalized spacial score (nSPS) is 12.1. The molecule has 0 radical (unpaired) electrons. The summed E-state index contributed by atoms with van der Waals surface area (Å²) in [6.45, 7) is 7.71. The first-order chi connectivity index (χ1) is 14.8. The maximum atomic E-state index is 12.8. The average Bonchev–Trinajstić information content (AvgIpc) is 3.21. The van der Waals surface area contributed by atoms with Crippen molar-refractivity contribution >= 4 is 5.91 Å². The van der Waals surface area contributed by atoms with Crippen LogP contribution in [0.3, 0.4) is 0 Å². The van der Waals surface area contributed by atoms with Crippen LogP contribution in [0.15, 0.2) is 45.7 Å². The van der Waals surface area contributed by atoms with E-state index in [1.54, 1.807) is 17.7 Å². The van der Waals surface area contributed by atoms with Gasteiger partial charge in [0.05, 0.1) is 18.7 Å². The summed E-state index contributed by atoms with van der Waals surface area (Å²) < 4.78 is 12.1. The molecule has 1 aromatic carbocycles. The van der Waals surface area contributed by atoms with Crippen molar-refractivity contribution in [2.45, 2.75) is 52.6 Å². The van der Waals surface area contributed by atoms with E-state index in [1.165, 1.54) is 0 Å². The predicted molar refractivity (Wildman–Crippen MR) is 117 cm³/mol. The van der Waals surface area contributed by atoms with Gasteiger partial charge in [0, 0.05) is 24.6 Å². The number of nitrogens with one attached hydrogen (secondary N) is 1. The number of carbonyl (C=O) groups excluding carboxylic acids is 1. The van der Waals surface area contributed by atoms with Crippen molar-refractivity contribution in [1.29, 1.82) is 0 Å². The predicted octanol–water partition coefficient (Wildman–Crippen LogP) is 3.61. The largest absolute Gasteiger partial charge is 0.497 e. The summed E-state index contributed by atoms with van der Waals surface area (Å²) in [5, 5.41) is 6.89. The monoisotopic (exact) mass is 424 g/mol. The van der Waals surface area contributed by atoms with E-state index in [4.69, 9.17) is 9.26 Å². The van der Waals surface area contributed by atoms with Crippen molar-refractivity contribution in [1.82, 2.24) is 20.0 Å². The Balaban J connectivity index is 1.62. The highest BCUT2D eigenvalue weighted by molar-refractivity contribution is 5.76. The molecule has 0 aliphatic heterocycles. The van der Waals surface area contributed by atoms with Gasteiger partial charge in [0.1, 0.15) is 5.75 Å². The highest BCUT2D eigenvalue weighted by Gasteiger charge is 2.17. The molecular formula is C23H28N4O4. The zero-order chi connectivity index (χ0) is 22.5. The van der Waals surface area contributed by atoms with Crippen LogP contribution >= 0.6 is 0 Å². The summed E-state index contributed by atoms with van der Waals surface area (Å²) in [7, 11) is 1.61. The summed E-state index contributed by atoms with van der Waals surface area (Å²) in [6, 6.07) is 11.0. The molecule has 31 heavy (non-hydrogen) atoms. The molecule has 2 heterocycles. The molecule has 164 valence electrons. The van der Waals surface area contributed by atoms with Gasteiger partial charge in [0.25, 0.3) is 5.56 Å². The molecule has 1 N–H and O–H groups in total. The minimum atomic E-state index is -0.159. The fraction of sp³-hybridized carbons (Fsp3) is 0.391. The lowest BCUT2D eigenvalue weighted by molar-refractivity contribution is -0.121. The number of rotatable bonds is 8. The highest BCUT2D eigenvalue weighted by atomic mass is 16.5. The number of aromatic nitrogens is 3. The van der Waals surface area contributed by atoms with Gasteiger partial charge >= 0.3 is 0 Å². The summed E-state index contributed by atoms with van der Waals surface area (Å²) in [4.78, 5) is 29.4. The fourth-order valence-electron chi connectivity index (χ4n) is 3.43. The van der Waals surface area contributed by atoms with E-state index in [0.29, 0.717) is 17.9 Å². The lowest BCUT2D eigenvalue weighted by atomic mass is 10.1. The van der Waals surface area contributed by atoms with E-state index in [2.05, 4.69) is 15.5 Å². The van der Waals surface area contributed by atoms with Crippen LogP contribution in [0.4, 0.5) is 0 Å². The number of benzene rings is 1. The van der Waals surface area contributed by atoms with E-state index in [0.717, 1.165) is 17.0 Å². The Hall–Kier alpha value is -3.42. The Kier molecular flexibility index (Phi) is 6.89. The Bertz CT molecular complexity index is 1100. The lowest BCUT2D eigenvalue weighted by Gasteiger charge is -2.14. The molecule has 0 bridgehead atoms. The first-order valence-electron chi connectivity index (χ1n) is 10.3. The molecule has 0 aliphatic carbocycles. The van der Waals surface area contributed by atoms with E-state index in [1.807, 2.05) is 58.0 Å². The fourth-order valence-corrected chi connectivity index (χ4v) is 3.43. The van der Waals surface area contributed by atoms with Crippen LogP contribution in [0.25, 0.3) is 11.4 Å². The van der Waals surface area contributed by atoms with Crippen molar-refractivity contribution in [3.8, 4) is 17.1 Å². The molecule has 0 fully saturated rings. The van der Waals surface area contributed by atoms with Crippen molar-refractivity contribution in [3.05, 3.63) is 63.9 Å². The summed E-state index contributed by atoms with van der Waals surface area (Å²) in [5.41, 5.74) is 2.07. The van der Waals surface area contributed by atoms with E-state index in [9.17, 15) is 9.59 Å². The molecule has 8 heteroatoms. The third-order valence-electron chi connectivity index (χ3n) is 5.11. The lowest BCUT2D eigenvalue weighted by Crippen LogP contribution is -2.26. The summed E-state index contributed by atoms with van der Waals surface area (Å²) >= 11 is 0. The van der Waals surface area contributed by atoms with Crippen LogP contribution in [-0.4, -0.2) is 27.7 Å². The van der Waals surface area contributed by atoms with Crippen molar-refractivity contribution < 1.29 is 14.1 Å². The molecule has 8 nitrogen and oxygen atoms in total. The zero-order valence-electron chi connectivity index (χ0n) is 18.5. The maximum Gasteiger partial charge on any atom is 0.262 e. The molecule has 1 atom stereocenters. The van der Waals surface area contributed by atoms with Gasteiger partial charge in [-0.3, -0.25) is 9.59 Å². The molecule has 0 spiro atoms. The smallest absolute Gasteiger partial charge is 0.262 e. The Labute approximate surface area is 181 Å². The third kappa shape index (κ3) is 5.20. The molecule has 0 aliphatic rings. The topological polar surface area (TPSA) is 99.2 Å². The van der Waals surface area contributed by atoms with E-state index >= 15 is 0 Å². The Morgan fingerprint density at radius 3 is 2.52 bits per heavy atom. The number of ether oxygens (including phenoxy) is 1. The average molecular weight is 425 g/mol. The van der Waals surface area contributed by atoms with Gasteiger partial charge in [0.15, 0.2) is 0 Å². The number of aryl methyl sites for hydroxylation is 2. The van der Waals surface area contributed by atoms with Gasteiger partial charge in [-0.1, -0.05) is 17.3 Å². The third-order valence-corrected chi connectivity index (χ3v) is 5.11. The molecule has 3 rings (SSSR count). The second kappa shape index (κ2) is 9.59. The number of carbonyl (C=O) groups is 1. The van der Waals surface area contributed by atoms with Gasteiger partial charge < -0.3 is 19.1 Å². The van der Waals surface area contributed by atoms with Crippen molar-refractivity contribution in [2.24, 2.45) is 0 Å². The maximum absolute atomic E-state index is 12.8. The molecule has 1 amide bonds. The van der Waals surface area contributed by atoms with Crippen LogP contribution in [0, 0.1) is 6.92 Å². The zero-order valence-corrected chi connectivity index (χ0v) is 18.5. The summed E-state index contributed by atoms with van der Waals surface area (Å²) in [5.74, 6) is 1.20. The number of methoxy groups -OCH3 is 1. The van der Waals surface area contributed by atoms with Gasteiger partial charge in [-0.15, -0.1) is 0 Å². The van der Waals surface area contributed by atoms with Crippen LogP contribution in [0.2, 0.25) is 0 Å². The second-order valence-electron chi connectivity index (χ2n) is 7.73. The molecule has 2 aromatic heterocycles. The molecule has 0 unspecified atom stereocenters. The van der Waals surface area contributed by atoms with Gasteiger partial charge in [-0.05, 0) is 57.5 Å². The Morgan fingerprint density at radius 2 is 1.87 bits per heavy atom. The van der Waals surface area contributed by atoms with Gasteiger partial charge in [0.2, 0.25) is 17.6 Å². The van der Waals surface area contributed by atoms with Crippen LogP contribution in [0.1, 0.15) is 56.4 Å². The van der Waals surface area contributed by atoms with Crippen molar-refractivity contribution in [3.63, 3.8) is 0 Å². The quantitative estimate of drug-likeness (QED) is 0.593. The highest BCUT2D eigenvalue weighted by Crippen LogP contribution is 2.18. The molecular weight excluding hydrogens is 396 g/mol.